The van der Waals surface area contributed by atoms with Crippen LogP contribution >= 0.6 is 0 Å². The standard InChI is InChI=1S/C11H11F3O2/c1-6(2)9-7(10(15)16)4-3-5-8(9)11(12,13)14/h3-6H,1-2H3,(H,15,16). The Labute approximate surface area is 90.7 Å². The van der Waals surface area contributed by atoms with Crippen LogP contribution in [0.3, 0.4) is 0 Å². The lowest BCUT2D eigenvalue weighted by Crippen LogP contribution is -2.14. The summed E-state index contributed by atoms with van der Waals surface area (Å²) in [5.41, 5.74) is -1.32. The van der Waals surface area contributed by atoms with E-state index in [0.717, 1.165) is 12.1 Å². The fourth-order valence-electron chi connectivity index (χ4n) is 1.62. The summed E-state index contributed by atoms with van der Waals surface area (Å²) in [6.07, 6.45) is -4.52. The molecule has 0 radical (unpaired) electrons. The number of aromatic carboxylic acids is 1. The van der Waals surface area contributed by atoms with Crippen LogP contribution in [0.15, 0.2) is 18.2 Å². The molecule has 0 aliphatic heterocycles. The molecule has 0 heterocycles. The molecule has 0 amide bonds. The number of carbonyl (C=O) groups is 1. The third-order valence-electron chi connectivity index (χ3n) is 2.22. The molecule has 0 fully saturated rings. The molecule has 0 bridgehead atoms. The topological polar surface area (TPSA) is 37.3 Å². The Morgan fingerprint density at radius 3 is 2.25 bits per heavy atom. The first-order chi connectivity index (χ1) is 7.25. The van der Waals surface area contributed by atoms with Gasteiger partial charge in [-0.1, -0.05) is 19.9 Å². The zero-order valence-corrected chi connectivity index (χ0v) is 8.80. The molecular weight excluding hydrogens is 221 g/mol. The summed E-state index contributed by atoms with van der Waals surface area (Å²) in [7, 11) is 0. The predicted molar refractivity (Wildman–Crippen MR) is 52.5 cm³/mol. The van der Waals surface area contributed by atoms with Crippen LogP contribution in [0.1, 0.15) is 41.3 Å². The smallest absolute Gasteiger partial charge is 0.416 e. The van der Waals surface area contributed by atoms with Crippen molar-refractivity contribution in [2.75, 3.05) is 0 Å². The summed E-state index contributed by atoms with van der Waals surface area (Å²) in [6.45, 7) is 3.08. The molecule has 0 saturated heterocycles. The van der Waals surface area contributed by atoms with Gasteiger partial charge in [0.25, 0.3) is 0 Å². The average molecular weight is 232 g/mol. The predicted octanol–water partition coefficient (Wildman–Crippen LogP) is 3.53. The van der Waals surface area contributed by atoms with Gasteiger partial charge in [0.15, 0.2) is 0 Å². The first-order valence-electron chi connectivity index (χ1n) is 4.68. The SMILES string of the molecule is CC(C)c1c(C(=O)O)cccc1C(F)(F)F. The maximum atomic E-state index is 12.7. The molecular formula is C11H11F3O2. The normalized spacial score (nSPS) is 11.9. The number of halogens is 3. The van der Waals surface area contributed by atoms with Crippen molar-refractivity contribution in [3.05, 3.63) is 34.9 Å². The highest BCUT2D eigenvalue weighted by Crippen LogP contribution is 2.36. The van der Waals surface area contributed by atoms with Gasteiger partial charge in [-0.2, -0.15) is 13.2 Å². The first kappa shape index (κ1) is 12.5. The lowest BCUT2D eigenvalue weighted by Gasteiger charge is -2.17. The minimum Gasteiger partial charge on any atom is -0.478 e. The van der Waals surface area contributed by atoms with Gasteiger partial charge in [0.1, 0.15) is 0 Å². The van der Waals surface area contributed by atoms with E-state index < -0.39 is 23.6 Å². The highest BCUT2D eigenvalue weighted by molar-refractivity contribution is 5.90. The van der Waals surface area contributed by atoms with Gasteiger partial charge < -0.3 is 5.11 Å². The van der Waals surface area contributed by atoms with Crippen molar-refractivity contribution in [2.45, 2.75) is 25.9 Å². The van der Waals surface area contributed by atoms with Crippen LogP contribution in [-0.2, 0) is 6.18 Å². The van der Waals surface area contributed by atoms with E-state index in [2.05, 4.69) is 0 Å². The molecule has 0 aromatic heterocycles. The maximum absolute atomic E-state index is 12.7. The lowest BCUT2D eigenvalue weighted by molar-refractivity contribution is -0.138. The third-order valence-corrected chi connectivity index (χ3v) is 2.22. The van der Waals surface area contributed by atoms with Crippen LogP contribution < -0.4 is 0 Å². The van der Waals surface area contributed by atoms with Crippen LogP contribution in [0, 0.1) is 0 Å². The fourth-order valence-corrected chi connectivity index (χ4v) is 1.62. The van der Waals surface area contributed by atoms with Crippen molar-refractivity contribution < 1.29 is 23.1 Å². The zero-order chi connectivity index (χ0) is 12.5. The van der Waals surface area contributed by atoms with Crippen molar-refractivity contribution in [1.82, 2.24) is 0 Å². The average Bonchev–Trinajstić information content (AvgIpc) is 2.14. The summed E-state index contributed by atoms with van der Waals surface area (Å²) in [6, 6.07) is 3.20. The van der Waals surface area contributed by atoms with Crippen molar-refractivity contribution in [1.29, 1.82) is 0 Å². The number of carboxylic acids is 1. The first-order valence-corrected chi connectivity index (χ1v) is 4.68. The molecule has 1 N–H and O–H groups in total. The van der Waals surface area contributed by atoms with Crippen LogP contribution in [0.5, 0.6) is 0 Å². The molecule has 2 nitrogen and oxygen atoms in total. The van der Waals surface area contributed by atoms with Gasteiger partial charge in [0.2, 0.25) is 0 Å². The largest absolute Gasteiger partial charge is 0.478 e. The second kappa shape index (κ2) is 4.15. The zero-order valence-electron chi connectivity index (χ0n) is 8.80. The quantitative estimate of drug-likeness (QED) is 0.846. The Bertz CT molecular complexity index is 408. The number of hydrogen-bond donors (Lipinski definition) is 1. The Kier molecular flexibility index (Phi) is 3.26. The molecule has 16 heavy (non-hydrogen) atoms. The second-order valence-electron chi connectivity index (χ2n) is 3.72. The molecule has 88 valence electrons. The number of alkyl halides is 3. The number of hydrogen-bond acceptors (Lipinski definition) is 1. The van der Waals surface area contributed by atoms with E-state index in [1.807, 2.05) is 0 Å². The van der Waals surface area contributed by atoms with Crippen LogP contribution in [0.25, 0.3) is 0 Å². The Morgan fingerprint density at radius 1 is 1.31 bits per heavy atom. The van der Waals surface area contributed by atoms with Gasteiger partial charge in [-0.05, 0) is 23.6 Å². The number of carboxylic acid groups (broad SMARTS) is 1. The van der Waals surface area contributed by atoms with Crippen molar-refractivity contribution >= 4 is 5.97 Å². The van der Waals surface area contributed by atoms with Crippen molar-refractivity contribution in [3.63, 3.8) is 0 Å². The molecule has 1 rings (SSSR count). The summed E-state index contributed by atoms with van der Waals surface area (Å²) in [5, 5.41) is 8.84. The molecule has 0 saturated carbocycles. The van der Waals surface area contributed by atoms with E-state index >= 15 is 0 Å². The molecule has 0 atom stereocenters. The lowest BCUT2D eigenvalue weighted by atomic mass is 9.91. The molecule has 0 aliphatic carbocycles. The summed E-state index contributed by atoms with van der Waals surface area (Å²) in [4.78, 5) is 10.8. The van der Waals surface area contributed by atoms with E-state index in [-0.39, 0.29) is 11.1 Å². The van der Waals surface area contributed by atoms with E-state index in [9.17, 15) is 18.0 Å². The van der Waals surface area contributed by atoms with Crippen LogP contribution in [0.4, 0.5) is 13.2 Å². The Balaban J connectivity index is 3.51. The Morgan fingerprint density at radius 2 is 1.88 bits per heavy atom. The molecule has 1 aromatic rings. The van der Waals surface area contributed by atoms with Crippen molar-refractivity contribution in [3.8, 4) is 0 Å². The monoisotopic (exact) mass is 232 g/mol. The van der Waals surface area contributed by atoms with Gasteiger partial charge in [0, 0.05) is 0 Å². The van der Waals surface area contributed by atoms with Crippen molar-refractivity contribution in [2.24, 2.45) is 0 Å². The Hall–Kier alpha value is -1.52. The molecule has 0 spiro atoms. The minimum absolute atomic E-state index is 0.164. The van der Waals surface area contributed by atoms with E-state index in [1.165, 1.54) is 19.9 Å². The van der Waals surface area contributed by atoms with E-state index in [0.29, 0.717) is 0 Å². The summed E-state index contributed by atoms with van der Waals surface area (Å²) in [5.74, 6) is -1.83. The fraction of sp³-hybridized carbons (Fsp3) is 0.364. The minimum atomic E-state index is -4.52. The van der Waals surface area contributed by atoms with E-state index in [4.69, 9.17) is 5.11 Å². The molecule has 5 heteroatoms. The van der Waals surface area contributed by atoms with E-state index in [1.54, 1.807) is 0 Å². The molecule has 0 unspecified atom stereocenters. The molecule has 1 aromatic carbocycles. The van der Waals surface area contributed by atoms with Gasteiger partial charge >= 0.3 is 12.1 Å². The highest BCUT2D eigenvalue weighted by Gasteiger charge is 2.35. The molecule has 0 aliphatic rings. The third kappa shape index (κ3) is 2.35. The van der Waals surface area contributed by atoms with Crippen LogP contribution in [0.2, 0.25) is 0 Å². The van der Waals surface area contributed by atoms with Gasteiger partial charge in [-0.25, -0.2) is 4.79 Å². The van der Waals surface area contributed by atoms with Gasteiger partial charge in [-0.15, -0.1) is 0 Å². The number of benzene rings is 1. The van der Waals surface area contributed by atoms with Gasteiger partial charge in [0.05, 0.1) is 11.1 Å². The number of rotatable bonds is 2. The van der Waals surface area contributed by atoms with Crippen LogP contribution in [-0.4, -0.2) is 11.1 Å². The maximum Gasteiger partial charge on any atom is 0.416 e. The summed E-state index contributed by atoms with van der Waals surface area (Å²) >= 11 is 0. The second-order valence-corrected chi connectivity index (χ2v) is 3.72. The summed E-state index contributed by atoms with van der Waals surface area (Å²) < 4.78 is 38.0. The van der Waals surface area contributed by atoms with Gasteiger partial charge in [-0.3, -0.25) is 0 Å². The highest BCUT2D eigenvalue weighted by atomic mass is 19.4.